The fraction of sp³-hybridized carbons (Fsp3) is 0.222. The highest BCUT2D eigenvalue weighted by molar-refractivity contribution is 7.99. The van der Waals surface area contributed by atoms with Crippen molar-refractivity contribution in [3.8, 4) is 0 Å². The summed E-state index contributed by atoms with van der Waals surface area (Å²) in [5, 5.41) is 5.04. The van der Waals surface area contributed by atoms with Crippen molar-refractivity contribution in [2.24, 2.45) is 0 Å². The van der Waals surface area contributed by atoms with Gasteiger partial charge in [-0.1, -0.05) is 0 Å². The smallest absolute Gasteiger partial charge is 0.254 e. The van der Waals surface area contributed by atoms with Gasteiger partial charge >= 0.3 is 0 Å². The molecule has 0 spiro atoms. The van der Waals surface area contributed by atoms with Crippen molar-refractivity contribution in [3.05, 3.63) is 65.0 Å². The third-order valence-corrected chi connectivity index (χ3v) is 5.05. The van der Waals surface area contributed by atoms with Gasteiger partial charge in [0.15, 0.2) is 0 Å². The van der Waals surface area contributed by atoms with E-state index in [1.165, 1.54) is 12.1 Å². The first-order valence-electron chi connectivity index (χ1n) is 7.89. The van der Waals surface area contributed by atoms with E-state index in [0.717, 1.165) is 22.8 Å². The van der Waals surface area contributed by atoms with Crippen molar-refractivity contribution in [2.75, 3.05) is 12.3 Å². The molecule has 2 amide bonds. The molecule has 1 aliphatic heterocycles. The molecule has 0 bridgehead atoms. The zero-order chi connectivity index (χ0) is 18.7. The van der Waals surface area contributed by atoms with Gasteiger partial charge in [0.1, 0.15) is 17.5 Å². The van der Waals surface area contributed by atoms with Gasteiger partial charge in [-0.05, 0) is 42.3 Å². The van der Waals surface area contributed by atoms with Crippen LogP contribution in [0.2, 0.25) is 0 Å². The third-order valence-electron chi connectivity index (χ3n) is 3.93. The molecule has 1 heterocycles. The zero-order valence-electron chi connectivity index (χ0n) is 13.5. The Morgan fingerprint density at radius 2 is 1.81 bits per heavy atom. The predicted molar refractivity (Wildman–Crippen MR) is 91.3 cm³/mol. The lowest BCUT2D eigenvalue weighted by Gasteiger charge is -2.26. The number of hydrogen-bond acceptors (Lipinski definition) is 3. The van der Waals surface area contributed by atoms with Gasteiger partial charge in [-0.15, -0.1) is 11.8 Å². The quantitative estimate of drug-likeness (QED) is 0.857. The third kappa shape index (κ3) is 4.19. The van der Waals surface area contributed by atoms with Crippen LogP contribution in [0, 0.1) is 17.5 Å². The van der Waals surface area contributed by atoms with Crippen LogP contribution in [0.5, 0.6) is 0 Å². The standard InChI is InChI=1S/C18H15F3N2O2S/c19-10-2-4-16-13(7-10)15(5-6-26-16)23-17(24)9-22-18(25)12-3-1-11(20)8-14(12)21/h1-4,7-8,15H,5-6,9H2,(H,22,25)(H,23,24). The van der Waals surface area contributed by atoms with Gasteiger partial charge in [0.25, 0.3) is 5.91 Å². The van der Waals surface area contributed by atoms with Crippen molar-refractivity contribution >= 4 is 23.6 Å². The fourth-order valence-electron chi connectivity index (χ4n) is 2.69. The zero-order valence-corrected chi connectivity index (χ0v) is 14.3. The number of amides is 2. The molecule has 2 aromatic carbocycles. The fourth-order valence-corrected chi connectivity index (χ4v) is 3.80. The second-order valence-corrected chi connectivity index (χ2v) is 6.88. The summed E-state index contributed by atoms with van der Waals surface area (Å²) in [7, 11) is 0. The summed E-state index contributed by atoms with van der Waals surface area (Å²) in [4.78, 5) is 24.9. The number of thioether (sulfide) groups is 1. The minimum atomic E-state index is -1.00. The van der Waals surface area contributed by atoms with Gasteiger partial charge in [0, 0.05) is 16.7 Å². The summed E-state index contributed by atoms with van der Waals surface area (Å²) in [6.07, 6.45) is 0.632. The minimum absolute atomic E-state index is 0.347. The van der Waals surface area contributed by atoms with Crippen molar-refractivity contribution in [2.45, 2.75) is 17.4 Å². The number of carbonyl (C=O) groups is 2. The van der Waals surface area contributed by atoms with Gasteiger partial charge in [-0.3, -0.25) is 9.59 Å². The van der Waals surface area contributed by atoms with Crippen molar-refractivity contribution in [1.29, 1.82) is 0 Å². The van der Waals surface area contributed by atoms with Crippen LogP contribution in [0.4, 0.5) is 13.2 Å². The molecular formula is C18H15F3N2O2S. The van der Waals surface area contributed by atoms with E-state index in [9.17, 15) is 22.8 Å². The topological polar surface area (TPSA) is 58.2 Å². The van der Waals surface area contributed by atoms with E-state index in [1.54, 1.807) is 17.8 Å². The Kier molecular flexibility index (Phi) is 5.51. The molecule has 2 aromatic rings. The maximum atomic E-state index is 13.6. The van der Waals surface area contributed by atoms with Crippen LogP contribution in [0.25, 0.3) is 0 Å². The van der Waals surface area contributed by atoms with E-state index in [4.69, 9.17) is 0 Å². The normalized spacial score (nSPS) is 15.9. The number of hydrogen-bond donors (Lipinski definition) is 2. The van der Waals surface area contributed by atoms with Gasteiger partial charge in [0.2, 0.25) is 5.91 Å². The number of halogens is 3. The molecule has 0 saturated carbocycles. The van der Waals surface area contributed by atoms with Crippen LogP contribution in [0.1, 0.15) is 28.4 Å². The molecule has 8 heteroatoms. The Hall–Kier alpha value is -2.48. The van der Waals surface area contributed by atoms with Crippen LogP contribution in [0.3, 0.4) is 0 Å². The monoisotopic (exact) mass is 380 g/mol. The summed E-state index contributed by atoms with van der Waals surface area (Å²) in [5.74, 6) is -2.70. The molecule has 0 fully saturated rings. The van der Waals surface area contributed by atoms with Crippen molar-refractivity contribution < 1.29 is 22.8 Å². The summed E-state index contributed by atoms with van der Waals surface area (Å²) in [6, 6.07) is 6.64. The first kappa shape index (κ1) is 18.3. The predicted octanol–water partition coefficient (Wildman–Crippen LogP) is 3.19. The summed E-state index contributed by atoms with van der Waals surface area (Å²) >= 11 is 1.59. The second kappa shape index (κ2) is 7.82. The summed E-state index contributed by atoms with van der Waals surface area (Å²) in [5.41, 5.74) is 0.353. The van der Waals surface area contributed by atoms with Gasteiger partial charge in [0.05, 0.1) is 18.2 Å². The van der Waals surface area contributed by atoms with E-state index < -0.39 is 23.4 Å². The van der Waals surface area contributed by atoms with Crippen LogP contribution in [-0.4, -0.2) is 24.1 Å². The lowest BCUT2D eigenvalue weighted by Crippen LogP contribution is -2.39. The number of fused-ring (bicyclic) bond motifs is 1. The first-order chi connectivity index (χ1) is 12.4. The average Bonchev–Trinajstić information content (AvgIpc) is 2.60. The molecule has 0 aromatic heterocycles. The second-order valence-electron chi connectivity index (χ2n) is 5.75. The molecule has 0 aliphatic carbocycles. The number of benzene rings is 2. The van der Waals surface area contributed by atoms with E-state index in [1.807, 2.05) is 0 Å². The van der Waals surface area contributed by atoms with E-state index >= 15 is 0 Å². The Bertz CT molecular complexity index is 860. The van der Waals surface area contributed by atoms with Gasteiger partial charge in [-0.25, -0.2) is 13.2 Å². The minimum Gasteiger partial charge on any atom is -0.348 e. The van der Waals surface area contributed by atoms with E-state index in [-0.39, 0.29) is 24.0 Å². The average molecular weight is 380 g/mol. The summed E-state index contributed by atoms with van der Waals surface area (Å²) < 4.78 is 39.9. The Balaban J connectivity index is 1.60. The number of nitrogens with one attached hydrogen (secondary N) is 2. The largest absolute Gasteiger partial charge is 0.348 e. The highest BCUT2D eigenvalue weighted by Crippen LogP contribution is 2.36. The van der Waals surface area contributed by atoms with E-state index in [2.05, 4.69) is 10.6 Å². The van der Waals surface area contributed by atoms with Gasteiger partial charge in [-0.2, -0.15) is 0 Å². The molecule has 26 heavy (non-hydrogen) atoms. The number of carbonyl (C=O) groups excluding carboxylic acids is 2. The van der Waals surface area contributed by atoms with Crippen molar-refractivity contribution in [3.63, 3.8) is 0 Å². The van der Waals surface area contributed by atoms with Crippen LogP contribution >= 0.6 is 11.8 Å². The molecule has 4 nitrogen and oxygen atoms in total. The molecule has 0 saturated heterocycles. The molecular weight excluding hydrogens is 365 g/mol. The Labute approximate surface area is 152 Å². The summed E-state index contributed by atoms with van der Waals surface area (Å²) in [6.45, 7) is -0.371. The number of rotatable bonds is 4. The SMILES string of the molecule is O=C(CNC(=O)c1ccc(F)cc1F)NC1CCSc2ccc(F)cc21. The molecule has 136 valence electrons. The maximum Gasteiger partial charge on any atom is 0.254 e. The highest BCUT2D eigenvalue weighted by Gasteiger charge is 2.23. The molecule has 2 N–H and O–H groups in total. The molecule has 0 radical (unpaired) electrons. The molecule has 3 rings (SSSR count). The highest BCUT2D eigenvalue weighted by atomic mass is 32.2. The van der Waals surface area contributed by atoms with Crippen LogP contribution in [0.15, 0.2) is 41.3 Å². The first-order valence-corrected chi connectivity index (χ1v) is 8.87. The molecule has 1 unspecified atom stereocenters. The lowest BCUT2D eigenvalue weighted by molar-refractivity contribution is -0.120. The van der Waals surface area contributed by atoms with Crippen molar-refractivity contribution in [1.82, 2.24) is 10.6 Å². The van der Waals surface area contributed by atoms with Gasteiger partial charge < -0.3 is 10.6 Å². The Morgan fingerprint density at radius 1 is 1.08 bits per heavy atom. The van der Waals surface area contributed by atoms with Crippen LogP contribution < -0.4 is 10.6 Å². The van der Waals surface area contributed by atoms with Crippen LogP contribution in [-0.2, 0) is 4.79 Å². The maximum absolute atomic E-state index is 13.6. The lowest BCUT2D eigenvalue weighted by atomic mass is 10.0. The Morgan fingerprint density at radius 3 is 2.58 bits per heavy atom. The molecule has 1 aliphatic rings. The molecule has 1 atom stereocenters. The van der Waals surface area contributed by atoms with E-state index in [0.29, 0.717) is 18.1 Å².